The van der Waals surface area contributed by atoms with Gasteiger partial charge < -0.3 is 14.4 Å². The first-order valence-electron chi connectivity index (χ1n) is 9.76. The molecule has 0 fully saturated rings. The first kappa shape index (κ1) is 27.5. The molecule has 0 bridgehead atoms. The van der Waals surface area contributed by atoms with Gasteiger partial charge in [-0.05, 0) is 20.3 Å². The van der Waals surface area contributed by atoms with Crippen molar-refractivity contribution in [1.82, 2.24) is 5.32 Å². The van der Waals surface area contributed by atoms with Gasteiger partial charge in [0, 0.05) is 12.8 Å². The molecule has 0 aromatic heterocycles. The molecule has 8 heteroatoms. The molecule has 26 heavy (non-hydrogen) atoms. The Balaban J connectivity index is 0. The maximum atomic E-state index is 11.9. The first-order valence-corrected chi connectivity index (χ1v) is 11.1. The van der Waals surface area contributed by atoms with Crippen molar-refractivity contribution < 1.29 is 26.4 Å². The van der Waals surface area contributed by atoms with Gasteiger partial charge in [0.05, 0.1) is 27.2 Å². The van der Waals surface area contributed by atoms with E-state index in [9.17, 15) is 17.8 Å². The summed E-state index contributed by atoms with van der Waals surface area (Å²) in [7, 11) is -0.0647. The van der Waals surface area contributed by atoms with E-state index >= 15 is 0 Å². The lowest BCUT2D eigenvalue weighted by molar-refractivity contribution is -0.915. The lowest BCUT2D eigenvalue weighted by Crippen LogP contribution is -2.57. The van der Waals surface area contributed by atoms with E-state index in [1.165, 1.54) is 39.0 Å². The molecule has 158 valence electrons. The normalized spacial score (nSPS) is 12.9. The third kappa shape index (κ3) is 16.8. The second-order valence-corrected chi connectivity index (χ2v) is 7.97. The van der Waals surface area contributed by atoms with Gasteiger partial charge in [-0.15, -0.1) is 0 Å². The molecule has 0 aliphatic rings. The van der Waals surface area contributed by atoms with Crippen molar-refractivity contribution in [2.45, 2.75) is 85.2 Å². The number of rotatable bonds is 13. The molecule has 0 saturated heterocycles. The van der Waals surface area contributed by atoms with Crippen LogP contribution in [-0.2, 0) is 19.4 Å². The first-order chi connectivity index (χ1) is 12.0. The van der Waals surface area contributed by atoms with E-state index < -0.39 is 10.4 Å². The molecule has 7 nitrogen and oxygen atoms in total. The van der Waals surface area contributed by atoms with Crippen LogP contribution >= 0.6 is 0 Å². The maximum absolute atomic E-state index is 11.9. The molecule has 0 heterocycles. The minimum atomic E-state index is -4.42. The van der Waals surface area contributed by atoms with Crippen molar-refractivity contribution in [1.29, 1.82) is 0 Å². The van der Waals surface area contributed by atoms with Crippen LogP contribution in [0.1, 0.15) is 79.1 Å². The van der Waals surface area contributed by atoms with Crippen LogP contribution in [0.2, 0.25) is 0 Å². The maximum Gasteiger partial charge on any atom is 0.224 e. The van der Waals surface area contributed by atoms with Crippen LogP contribution in [-0.4, -0.2) is 56.8 Å². The molecule has 0 aliphatic carbocycles. The van der Waals surface area contributed by atoms with Crippen molar-refractivity contribution in [3.8, 4) is 0 Å². The Labute approximate surface area is 161 Å². The molecule has 0 spiro atoms. The fourth-order valence-corrected chi connectivity index (χ4v) is 2.75. The molecule has 0 saturated carbocycles. The number of unbranched alkanes of at least 4 members (excludes halogenated alkanes) is 5. The summed E-state index contributed by atoms with van der Waals surface area (Å²) in [6.45, 7) is 8.91. The highest BCUT2D eigenvalue weighted by atomic mass is 32.3. The summed E-state index contributed by atoms with van der Waals surface area (Å²) in [6.07, 6.45) is 9.34. The fourth-order valence-electron chi connectivity index (χ4n) is 2.46. The van der Waals surface area contributed by atoms with Gasteiger partial charge in [0.2, 0.25) is 16.3 Å². The highest BCUT2D eigenvalue weighted by Gasteiger charge is 2.25. The van der Waals surface area contributed by atoms with Gasteiger partial charge in [0.15, 0.2) is 6.17 Å². The van der Waals surface area contributed by atoms with Gasteiger partial charge in [-0.3, -0.25) is 8.98 Å². The number of carbonyl (C=O) groups excluding carboxylic acids is 1. The molecule has 1 atom stereocenters. The third-order valence-corrected chi connectivity index (χ3v) is 4.92. The Hall–Kier alpha value is -0.700. The minimum Gasteiger partial charge on any atom is -0.726 e. The minimum absolute atomic E-state index is 0.0914. The Morgan fingerprint density at radius 3 is 1.96 bits per heavy atom. The number of nitrogens with one attached hydrogen (secondary N) is 1. The van der Waals surface area contributed by atoms with Crippen molar-refractivity contribution in [2.24, 2.45) is 0 Å². The van der Waals surface area contributed by atoms with Crippen LogP contribution in [0, 0.1) is 0 Å². The summed E-state index contributed by atoms with van der Waals surface area (Å²) in [5, 5.41) is 3.19. The molecule has 0 rings (SSSR count). The molecule has 0 aromatic rings. The number of hydrogen-bond acceptors (Lipinski definition) is 5. The third-order valence-electron chi connectivity index (χ3n) is 4.39. The number of hydrogen-bond donors (Lipinski definition) is 1. The Kier molecular flexibility index (Phi) is 16.3. The van der Waals surface area contributed by atoms with Gasteiger partial charge in [0.25, 0.3) is 0 Å². The molecular weight excluding hydrogens is 356 g/mol. The standard InChI is InChI=1S/C16H34N2O.C2H6O4S/c1-6-9-10-11-12-13-14-16(19)17-15(7-2)18(4,5)8-3;1-2-6-7(3,4)5/h15H,6-14H2,1-5H3;2H2,1H3,(H,3,4,5). The van der Waals surface area contributed by atoms with E-state index in [0.29, 0.717) is 6.42 Å². The summed E-state index contributed by atoms with van der Waals surface area (Å²) in [5.41, 5.74) is 0. The fraction of sp³-hybridized carbons (Fsp3) is 0.944. The molecule has 0 aromatic carbocycles. The van der Waals surface area contributed by atoms with Gasteiger partial charge in [-0.25, -0.2) is 8.42 Å². The monoisotopic (exact) mass is 396 g/mol. The molecule has 0 radical (unpaired) electrons. The van der Waals surface area contributed by atoms with Gasteiger partial charge in [-0.2, -0.15) is 0 Å². The van der Waals surface area contributed by atoms with E-state index in [1.54, 1.807) is 0 Å². The van der Waals surface area contributed by atoms with Crippen LogP contribution in [0.15, 0.2) is 0 Å². The van der Waals surface area contributed by atoms with Crippen LogP contribution in [0.5, 0.6) is 0 Å². The molecule has 1 unspecified atom stereocenters. The van der Waals surface area contributed by atoms with Crippen molar-refractivity contribution >= 4 is 16.3 Å². The molecule has 0 aliphatic heterocycles. The SMILES string of the molecule is CCCCCCCCC(=O)NC(CC)[N+](C)(C)CC.CCOS(=O)(=O)[O-]. The highest BCUT2D eigenvalue weighted by Crippen LogP contribution is 2.10. The van der Waals surface area contributed by atoms with Crippen LogP contribution < -0.4 is 5.32 Å². The van der Waals surface area contributed by atoms with Crippen LogP contribution in [0.25, 0.3) is 0 Å². The topological polar surface area (TPSA) is 95.5 Å². The number of quaternary nitrogens is 1. The van der Waals surface area contributed by atoms with E-state index in [4.69, 9.17) is 0 Å². The Morgan fingerprint density at radius 2 is 1.58 bits per heavy atom. The zero-order valence-electron chi connectivity index (χ0n) is 17.5. The second kappa shape index (κ2) is 15.4. The predicted octanol–water partition coefficient (Wildman–Crippen LogP) is 3.17. The van der Waals surface area contributed by atoms with Gasteiger partial charge in [-0.1, -0.05) is 46.0 Å². The largest absolute Gasteiger partial charge is 0.726 e. The summed E-state index contributed by atoms with van der Waals surface area (Å²) in [5.74, 6) is 0.224. The molecule has 1 N–H and O–H groups in total. The number of amides is 1. The lowest BCUT2D eigenvalue weighted by atomic mass is 10.1. The smallest absolute Gasteiger partial charge is 0.224 e. The second-order valence-electron chi connectivity index (χ2n) is 6.92. The number of nitrogens with zero attached hydrogens (tertiary/aromatic N) is 1. The van der Waals surface area contributed by atoms with E-state index in [-0.39, 0.29) is 18.7 Å². The van der Waals surface area contributed by atoms with Crippen molar-refractivity contribution in [2.75, 3.05) is 27.2 Å². The van der Waals surface area contributed by atoms with E-state index in [2.05, 4.69) is 44.4 Å². The quantitative estimate of drug-likeness (QED) is 0.170. The predicted molar refractivity (Wildman–Crippen MR) is 104 cm³/mol. The Morgan fingerprint density at radius 1 is 1.04 bits per heavy atom. The van der Waals surface area contributed by atoms with Crippen molar-refractivity contribution in [3.05, 3.63) is 0 Å². The van der Waals surface area contributed by atoms with Crippen LogP contribution in [0.3, 0.4) is 0 Å². The van der Waals surface area contributed by atoms with Gasteiger partial charge >= 0.3 is 0 Å². The molecule has 1 amide bonds. The summed E-state index contributed by atoms with van der Waals surface area (Å²) < 4.78 is 32.9. The zero-order valence-corrected chi connectivity index (χ0v) is 18.4. The summed E-state index contributed by atoms with van der Waals surface area (Å²) in [4.78, 5) is 11.9. The average Bonchev–Trinajstić information content (AvgIpc) is 2.55. The van der Waals surface area contributed by atoms with Gasteiger partial charge in [0.1, 0.15) is 0 Å². The zero-order chi connectivity index (χ0) is 20.6. The summed E-state index contributed by atoms with van der Waals surface area (Å²) in [6, 6.07) is 0. The number of carbonyl (C=O) groups is 1. The Bertz CT molecular complexity index is 452. The molecular formula is C18H40N2O5S. The lowest BCUT2D eigenvalue weighted by Gasteiger charge is -2.36. The average molecular weight is 397 g/mol. The van der Waals surface area contributed by atoms with Crippen LogP contribution in [0.4, 0.5) is 0 Å². The van der Waals surface area contributed by atoms with E-state index in [1.807, 2.05) is 0 Å². The van der Waals surface area contributed by atoms with Crippen molar-refractivity contribution in [3.63, 3.8) is 0 Å². The summed E-state index contributed by atoms with van der Waals surface area (Å²) >= 11 is 0. The highest BCUT2D eigenvalue weighted by molar-refractivity contribution is 7.80. The van der Waals surface area contributed by atoms with E-state index in [0.717, 1.165) is 23.9 Å².